The molecule has 0 aromatic carbocycles. The zero-order chi connectivity index (χ0) is 12.0. The van der Waals surface area contributed by atoms with Crippen LogP contribution in [0.25, 0.3) is 16.9 Å². The molecule has 0 saturated carbocycles. The molecule has 4 nitrogen and oxygen atoms in total. The maximum absolute atomic E-state index is 4.63. The second-order valence-electron chi connectivity index (χ2n) is 4.10. The summed E-state index contributed by atoms with van der Waals surface area (Å²) in [6, 6.07) is 2.06. The van der Waals surface area contributed by atoms with E-state index in [1.54, 1.807) is 4.68 Å². The number of rotatable bonds is 1. The van der Waals surface area contributed by atoms with Gasteiger partial charge >= 0.3 is 0 Å². The highest BCUT2D eigenvalue weighted by Crippen LogP contribution is 2.22. The minimum absolute atomic E-state index is 0.944. The van der Waals surface area contributed by atoms with Gasteiger partial charge in [0.1, 0.15) is 5.65 Å². The summed E-state index contributed by atoms with van der Waals surface area (Å²) in [5.41, 5.74) is 4.10. The number of aryl methyl sites for hydroxylation is 2. The van der Waals surface area contributed by atoms with Crippen molar-refractivity contribution < 1.29 is 0 Å². The number of fused-ring (bicyclic) bond motifs is 1. The van der Waals surface area contributed by atoms with Crippen LogP contribution in [0.15, 0.2) is 35.3 Å². The zero-order valence-electron chi connectivity index (χ0n) is 9.55. The zero-order valence-corrected chi connectivity index (χ0v) is 11.1. The van der Waals surface area contributed by atoms with Crippen molar-refractivity contribution in [3.05, 3.63) is 40.9 Å². The first-order valence-electron chi connectivity index (χ1n) is 5.27. The van der Waals surface area contributed by atoms with Crippen LogP contribution >= 0.6 is 15.9 Å². The van der Waals surface area contributed by atoms with Gasteiger partial charge in [-0.25, -0.2) is 4.98 Å². The Hall–Kier alpha value is -1.62. The fraction of sp³-hybridized carbons (Fsp3) is 0.167. The van der Waals surface area contributed by atoms with Gasteiger partial charge in [0.2, 0.25) is 0 Å². The summed E-state index contributed by atoms with van der Waals surface area (Å²) in [5.74, 6) is 0. The largest absolute Gasteiger partial charge is 0.305 e. The Bertz CT molecular complexity index is 696. The third kappa shape index (κ3) is 1.76. The SMILES string of the molecule is Cc1cc(Br)cn2cc(-c3cnn(C)c3)nc12. The van der Waals surface area contributed by atoms with Gasteiger partial charge in [0.15, 0.2) is 0 Å². The minimum Gasteiger partial charge on any atom is -0.305 e. The molecule has 0 radical (unpaired) electrons. The lowest BCUT2D eigenvalue weighted by molar-refractivity contribution is 0.768. The van der Waals surface area contributed by atoms with Crippen molar-refractivity contribution in [3.8, 4) is 11.3 Å². The predicted octanol–water partition coefficient (Wildman–Crippen LogP) is 2.81. The summed E-state index contributed by atoms with van der Waals surface area (Å²) in [6.07, 6.45) is 7.82. The van der Waals surface area contributed by atoms with E-state index < -0.39 is 0 Å². The van der Waals surface area contributed by atoms with Crippen molar-refractivity contribution >= 4 is 21.6 Å². The molecule has 0 atom stereocenters. The van der Waals surface area contributed by atoms with Crippen LogP contribution in [-0.2, 0) is 7.05 Å². The molecular formula is C12H11BrN4. The lowest BCUT2D eigenvalue weighted by atomic mass is 10.3. The summed E-state index contributed by atoms with van der Waals surface area (Å²) < 4.78 is 4.86. The summed E-state index contributed by atoms with van der Waals surface area (Å²) in [6.45, 7) is 2.06. The second kappa shape index (κ2) is 3.70. The van der Waals surface area contributed by atoms with E-state index >= 15 is 0 Å². The van der Waals surface area contributed by atoms with Gasteiger partial charge in [-0.1, -0.05) is 0 Å². The molecule has 0 spiro atoms. The lowest BCUT2D eigenvalue weighted by Gasteiger charge is -1.97. The summed E-state index contributed by atoms with van der Waals surface area (Å²) >= 11 is 3.49. The fourth-order valence-electron chi connectivity index (χ4n) is 1.92. The predicted molar refractivity (Wildman–Crippen MR) is 69.8 cm³/mol. The van der Waals surface area contributed by atoms with Gasteiger partial charge in [0, 0.05) is 35.7 Å². The maximum atomic E-state index is 4.63. The number of halogens is 1. The molecule has 3 rings (SSSR count). The average Bonchev–Trinajstić information content (AvgIpc) is 2.83. The topological polar surface area (TPSA) is 35.1 Å². The molecular weight excluding hydrogens is 280 g/mol. The summed E-state index contributed by atoms with van der Waals surface area (Å²) in [4.78, 5) is 4.63. The number of hydrogen-bond donors (Lipinski definition) is 0. The van der Waals surface area contributed by atoms with Crippen LogP contribution in [-0.4, -0.2) is 19.2 Å². The van der Waals surface area contributed by atoms with Crippen molar-refractivity contribution in [3.63, 3.8) is 0 Å². The normalized spacial score (nSPS) is 11.2. The Morgan fingerprint density at radius 3 is 2.76 bits per heavy atom. The van der Waals surface area contributed by atoms with Gasteiger partial charge in [0.25, 0.3) is 0 Å². The van der Waals surface area contributed by atoms with Gasteiger partial charge in [0.05, 0.1) is 11.9 Å². The first-order valence-corrected chi connectivity index (χ1v) is 6.06. The molecule has 0 saturated heterocycles. The van der Waals surface area contributed by atoms with Gasteiger partial charge in [-0.15, -0.1) is 0 Å². The van der Waals surface area contributed by atoms with Crippen LogP contribution in [0, 0.1) is 6.92 Å². The highest BCUT2D eigenvalue weighted by molar-refractivity contribution is 9.10. The highest BCUT2D eigenvalue weighted by atomic mass is 79.9. The van der Waals surface area contributed by atoms with Gasteiger partial charge in [-0.2, -0.15) is 5.10 Å². The van der Waals surface area contributed by atoms with Crippen molar-refractivity contribution in [1.29, 1.82) is 0 Å². The number of hydrogen-bond acceptors (Lipinski definition) is 2. The van der Waals surface area contributed by atoms with Crippen LogP contribution in [0.5, 0.6) is 0 Å². The minimum atomic E-state index is 0.944. The Kier molecular flexibility index (Phi) is 2.29. The van der Waals surface area contributed by atoms with E-state index in [0.717, 1.165) is 26.9 Å². The van der Waals surface area contributed by atoms with Crippen molar-refractivity contribution in [2.75, 3.05) is 0 Å². The standard InChI is InChI=1S/C12H11BrN4/c1-8-3-10(13)6-17-7-11(15-12(8)17)9-4-14-16(2)5-9/h3-7H,1-2H3. The van der Waals surface area contributed by atoms with E-state index in [4.69, 9.17) is 0 Å². The van der Waals surface area contributed by atoms with E-state index in [2.05, 4.69) is 39.0 Å². The van der Waals surface area contributed by atoms with Crippen LogP contribution < -0.4 is 0 Å². The first-order chi connectivity index (χ1) is 8.13. The molecule has 17 heavy (non-hydrogen) atoms. The molecule has 0 aliphatic rings. The van der Waals surface area contributed by atoms with Crippen LogP contribution in [0.3, 0.4) is 0 Å². The van der Waals surface area contributed by atoms with E-state index in [0.29, 0.717) is 0 Å². The lowest BCUT2D eigenvalue weighted by Crippen LogP contribution is -1.86. The quantitative estimate of drug-likeness (QED) is 0.691. The molecule has 0 N–H and O–H groups in total. The number of pyridine rings is 1. The van der Waals surface area contributed by atoms with E-state index in [-0.39, 0.29) is 0 Å². The molecule has 3 aromatic rings. The van der Waals surface area contributed by atoms with Crippen LogP contribution in [0.4, 0.5) is 0 Å². The van der Waals surface area contributed by atoms with Crippen molar-refractivity contribution in [1.82, 2.24) is 19.2 Å². The maximum Gasteiger partial charge on any atom is 0.140 e. The highest BCUT2D eigenvalue weighted by Gasteiger charge is 2.08. The van der Waals surface area contributed by atoms with Crippen molar-refractivity contribution in [2.24, 2.45) is 7.05 Å². The van der Waals surface area contributed by atoms with Crippen LogP contribution in [0.2, 0.25) is 0 Å². The molecule has 0 aliphatic heterocycles. The molecule has 3 aromatic heterocycles. The molecule has 0 aliphatic carbocycles. The number of nitrogens with zero attached hydrogens (tertiary/aromatic N) is 4. The second-order valence-corrected chi connectivity index (χ2v) is 5.02. The molecule has 5 heteroatoms. The Labute approximate surface area is 107 Å². The van der Waals surface area contributed by atoms with Crippen molar-refractivity contribution in [2.45, 2.75) is 6.92 Å². The molecule has 0 fully saturated rings. The van der Waals surface area contributed by atoms with Gasteiger partial charge in [-0.3, -0.25) is 4.68 Å². The smallest absolute Gasteiger partial charge is 0.140 e. The van der Waals surface area contributed by atoms with E-state index in [1.165, 1.54) is 0 Å². The number of imidazole rings is 1. The Morgan fingerprint density at radius 2 is 2.06 bits per heavy atom. The van der Waals surface area contributed by atoms with E-state index in [1.807, 2.05) is 36.2 Å². The average molecular weight is 291 g/mol. The Morgan fingerprint density at radius 1 is 1.24 bits per heavy atom. The molecule has 86 valence electrons. The number of aromatic nitrogens is 4. The third-order valence-corrected chi connectivity index (χ3v) is 3.14. The fourth-order valence-corrected chi connectivity index (χ4v) is 2.48. The van der Waals surface area contributed by atoms with E-state index in [9.17, 15) is 0 Å². The first kappa shape index (κ1) is 10.5. The molecule has 0 bridgehead atoms. The van der Waals surface area contributed by atoms with Crippen LogP contribution in [0.1, 0.15) is 5.56 Å². The summed E-state index contributed by atoms with van der Waals surface area (Å²) in [7, 11) is 1.90. The monoisotopic (exact) mass is 290 g/mol. The Balaban J connectivity index is 2.23. The molecule has 0 amide bonds. The summed E-state index contributed by atoms with van der Waals surface area (Å²) in [5, 5.41) is 4.16. The molecule has 0 unspecified atom stereocenters. The molecule has 3 heterocycles. The van der Waals surface area contributed by atoms with Gasteiger partial charge in [-0.05, 0) is 34.5 Å². The van der Waals surface area contributed by atoms with Gasteiger partial charge < -0.3 is 4.40 Å². The third-order valence-electron chi connectivity index (χ3n) is 2.70.